The molecule has 0 amide bonds. The summed E-state index contributed by atoms with van der Waals surface area (Å²) in [6.45, 7) is -3.16. The molecule has 0 atom stereocenters. The maximum atomic E-state index is 12.7. The van der Waals surface area contributed by atoms with E-state index in [4.69, 9.17) is 16.3 Å². The summed E-state index contributed by atoms with van der Waals surface area (Å²) in [5, 5.41) is 3.73. The van der Waals surface area contributed by atoms with Gasteiger partial charge in [0.2, 0.25) is 5.76 Å². The van der Waals surface area contributed by atoms with Gasteiger partial charge in [-0.15, -0.1) is 0 Å². The Morgan fingerprint density at radius 2 is 1.73 bits per heavy atom. The lowest BCUT2D eigenvalue weighted by Gasteiger charge is -2.13. The van der Waals surface area contributed by atoms with Crippen molar-refractivity contribution < 1.29 is 31.6 Å². The summed E-state index contributed by atoms with van der Waals surface area (Å²) >= 11 is 5.68. The summed E-state index contributed by atoms with van der Waals surface area (Å²) in [4.78, 5) is 7.63. The van der Waals surface area contributed by atoms with E-state index >= 15 is 0 Å². The van der Waals surface area contributed by atoms with Crippen molar-refractivity contribution in [1.82, 2.24) is 15.1 Å². The fourth-order valence-corrected chi connectivity index (χ4v) is 2.10. The van der Waals surface area contributed by atoms with E-state index in [9.17, 15) is 17.6 Å². The zero-order chi connectivity index (χ0) is 18.7. The third-order valence-electron chi connectivity index (χ3n) is 3.00. The Morgan fingerprint density at radius 1 is 1.04 bits per heavy atom. The van der Waals surface area contributed by atoms with Gasteiger partial charge in [-0.2, -0.15) is 8.78 Å². The fraction of sp³-hybridized carbons (Fsp3) is 0.133. The molecule has 0 bridgehead atoms. The largest absolute Gasteiger partial charge is 0.434 e. The van der Waals surface area contributed by atoms with E-state index in [0.29, 0.717) is 0 Å². The molecule has 0 aliphatic carbocycles. The van der Waals surface area contributed by atoms with Gasteiger partial charge in [-0.3, -0.25) is 0 Å². The lowest BCUT2D eigenvalue weighted by molar-refractivity contribution is -0.0495. The van der Waals surface area contributed by atoms with Gasteiger partial charge in [0.05, 0.1) is 23.0 Å². The van der Waals surface area contributed by atoms with Crippen LogP contribution in [0.1, 0.15) is 12.2 Å². The summed E-state index contributed by atoms with van der Waals surface area (Å²) in [6.07, 6.45) is -0.411. The predicted octanol–water partition coefficient (Wildman–Crippen LogP) is 5.12. The second-order valence-corrected chi connectivity index (χ2v) is 5.15. The number of alkyl halides is 4. The van der Waals surface area contributed by atoms with Crippen molar-refractivity contribution in [3.63, 3.8) is 0 Å². The quantitative estimate of drug-likeness (QED) is 0.545. The first-order valence-corrected chi connectivity index (χ1v) is 7.30. The molecule has 3 aromatic rings. The van der Waals surface area contributed by atoms with Crippen LogP contribution in [0.5, 0.6) is 17.5 Å². The number of hydrogen-bond donors (Lipinski definition) is 0. The first kappa shape index (κ1) is 17.9. The van der Waals surface area contributed by atoms with Crippen LogP contribution in [0.3, 0.4) is 0 Å². The van der Waals surface area contributed by atoms with E-state index in [-0.39, 0.29) is 33.8 Å². The van der Waals surface area contributed by atoms with Gasteiger partial charge in [0.25, 0.3) is 6.43 Å². The molecule has 0 unspecified atom stereocenters. The van der Waals surface area contributed by atoms with E-state index in [1.165, 1.54) is 30.6 Å². The van der Waals surface area contributed by atoms with Crippen molar-refractivity contribution >= 4 is 11.6 Å². The van der Waals surface area contributed by atoms with Crippen LogP contribution in [0.15, 0.2) is 41.2 Å². The minimum Gasteiger partial charge on any atom is -0.434 e. The van der Waals surface area contributed by atoms with Crippen molar-refractivity contribution in [3.8, 4) is 28.8 Å². The normalized spacial score (nSPS) is 11.2. The van der Waals surface area contributed by atoms with Crippen LogP contribution in [0.4, 0.5) is 17.6 Å². The molecular formula is C15H8ClF4N3O3. The number of hydrogen-bond acceptors (Lipinski definition) is 6. The number of rotatable bonds is 6. The Bertz CT molecular complexity index is 890. The molecule has 0 aliphatic rings. The van der Waals surface area contributed by atoms with Crippen molar-refractivity contribution in [2.75, 3.05) is 0 Å². The Labute approximate surface area is 148 Å². The highest BCUT2D eigenvalue weighted by Gasteiger charge is 2.23. The monoisotopic (exact) mass is 389 g/mol. The Kier molecular flexibility index (Phi) is 5.21. The van der Waals surface area contributed by atoms with Gasteiger partial charge in [-0.25, -0.2) is 18.7 Å². The highest BCUT2D eigenvalue weighted by molar-refractivity contribution is 6.30. The minimum absolute atomic E-state index is 0.0559. The number of halogens is 5. The molecule has 11 heteroatoms. The van der Waals surface area contributed by atoms with E-state index in [2.05, 4.69) is 24.4 Å². The topological polar surface area (TPSA) is 70.3 Å². The second kappa shape index (κ2) is 7.56. The molecule has 0 saturated heterocycles. The molecule has 1 aromatic carbocycles. The molecule has 0 N–H and O–H groups in total. The van der Waals surface area contributed by atoms with Crippen molar-refractivity contribution in [3.05, 3.63) is 47.4 Å². The Balaban J connectivity index is 2.06. The summed E-state index contributed by atoms with van der Waals surface area (Å²) in [5.41, 5.74) is -0.303. The summed E-state index contributed by atoms with van der Waals surface area (Å²) in [6, 6.07) is 4.69. The molecular weight excluding hydrogens is 382 g/mol. The molecule has 0 saturated carbocycles. The highest BCUT2D eigenvalue weighted by Crippen LogP contribution is 2.41. The molecule has 0 fully saturated rings. The SMILES string of the molecule is FC(F)Oc1cccc(Oc2ncc(Cl)cn2)c1-c1cc(C(F)F)on1. The third kappa shape index (κ3) is 4.02. The van der Waals surface area contributed by atoms with E-state index in [1.807, 2.05) is 0 Å². The van der Waals surface area contributed by atoms with Crippen molar-refractivity contribution in [2.24, 2.45) is 0 Å². The lowest BCUT2D eigenvalue weighted by Crippen LogP contribution is -2.04. The third-order valence-corrected chi connectivity index (χ3v) is 3.20. The second-order valence-electron chi connectivity index (χ2n) is 4.71. The van der Waals surface area contributed by atoms with Crippen molar-refractivity contribution in [1.29, 1.82) is 0 Å². The standard InChI is InChI=1S/C15H8ClF4N3O3/c16-7-5-21-15(22-6-7)25-10-3-1-2-9(24-14(19)20)12(10)8-4-11(13(17)18)26-23-8/h1-6,13-14H. The van der Waals surface area contributed by atoms with Gasteiger partial charge in [0.15, 0.2) is 0 Å². The molecule has 0 spiro atoms. The molecule has 0 radical (unpaired) electrons. The van der Waals surface area contributed by atoms with E-state index in [1.54, 1.807) is 0 Å². The van der Waals surface area contributed by atoms with Crippen LogP contribution in [-0.2, 0) is 0 Å². The molecule has 3 rings (SSSR count). The van der Waals surface area contributed by atoms with Gasteiger partial charge in [0, 0.05) is 6.07 Å². The molecule has 2 aromatic heterocycles. The number of ether oxygens (including phenoxy) is 2. The smallest absolute Gasteiger partial charge is 0.387 e. The fourth-order valence-electron chi connectivity index (χ4n) is 2.00. The molecule has 6 nitrogen and oxygen atoms in total. The first-order chi connectivity index (χ1) is 12.4. The van der Waals surface area contributed by atoms with Crippen molar-refractivity contribution in [2.45, 2.75) is 13.0 Å². The van der Waals surface area contributed by atoms with Gasteiger partial charge in [0.1, 0.15) is 17.2 Å². The van der Waals surface area contributed by atoms with Crippen LogP contribution in [0.25, 0.3) is 11.3 Å². The summed E-state index contributed by atoms with van der Waals surface area (Å²) < 4.78 is 65.2. The summed E-state index contributed by atoms with van der Waals surface area (Å²) in [5.74, 6) is -1.14. The zero-order valence-corrected chi connectivity index (χ0v) is 13.3. The maximum absolute atomic E-state index is 12.7. The molecule has 136 valence electrons. The molecule has 26 heavy (non-hydrogen) atoms. The number of aromatic nitrogens is 3. The zero-order valence-electron chi connectivity index (χ0n) is 12.6. The average molecular weight is 390 g/mol. The highest BCUT2D eigenvalue weighted by atomic mass is 35.5. The van der Waals surface area contributed by atoms with Crippen LogP contribution in [0, 0.1) is 0 Å². The van der Waals surface area contributed by atoms with Gasteiger partial charge in [-0.1, -0.05) is 22.8 Å². The number of nitrogens with zero attached hydrogens (tertiary/aromatic N) is 3. The minimum atomic E-state index is -3.16. The van der Waals surface area contributed by atoms with Gasteiger partial charge < -0.3 is 14.0 Å². The van der Waals surface area contributed by atoms with E-state index < -0.39 is 18.8 Å². The lowest BCUT2D eigenvalue weighted by atomic mass is 10.1. The van der Waals surface area contributed by atoms with Crippen LogP contribution in [-0.4, -0.2) is 21.7 Å². The van der Waals surface area contributed by atoms with E-state index in [0.717, 1.165) is 6.07 Å². The summed E-state index contributed by atoms with van der Waals surface area (Å²) in [7, 11) is 0. The number of benzene rings is 1. The predicted molar refractivity (Wildman–Crippen MR) is 80.6 cm³/mol. The van der Waals surface area contributed by atoms with Gasteiger partial charge >= 0.3 is 12.6 Å². The average Bonchev–Trinajstić information content (AvgIpc) is 3.06. The first-order valence-electron chi connectivity index (χ1n) is 6.92. The maximum Gasteiger partial charge on any atom is 0.387 e. The van der Waals surface area contributed by atoms with Crippen LogP contribution < -0.4 is 9.47 Å². The van der Waals surface area contributed by atoms with Crippen LogP contribution >= 0.6 is 11.6 Å². The Morgan fingerprint density at radius 3 is 2.35 bits per heavy atom. The Hall–Kier alpha value is -2.88. The molecule has 2 heterocycles. The molecule has 0 aliphatic heterocycles. The van der Waals surface area contributed by atoms with Crippen LogP contribution in [0.2, 0.25) is 5.02 Å². The van der Waals surface area contributed by atoms with Gasteiger partial charge in [-0.05, 0) is 12.1 Å².